The highest BCUT2D eigenvalue weighted by Gasteiger charge is 1.94. The second-order valence-electron chi connectivity index (χ2n) is 2.62. The summed E-state index contributed by atoms with van der Waals surface area (Å²) in [7, 11) is 0. The number of thioether (sulfide) groups is 1. The van der Waals surface area contributed by atoms with Crippen LogP contribution in [0.25, 0.3) is 0 Å². The van der Waals surface area contributed by atoms with Crippen molar-refractivity contribution in [3.63, 3.8) is 0 Å². The summed E-state index contributed by atoms with van der Waals surface area (Å²) in [5.41, 5.74) is 0. The molecule has 0 bridgehead atoms. The van der Waals surface area contributed by atoms with Crippen molar-refractivity contribution >= 4 is 23.4 Å². The van der Waals surface area contributed by atoms with Gasteiger partial charge >= 0.3 is 0 Å². The Kier molecular flexibility index (Phi) is 8.24. The Morgan fingerprint density at radius 1 is 1.30 bits per heavy atom. The largest absolute Gasteiger partial charge is 0.165 e. The fraction of sp³-hybridized carbons (Fsp3) is 1.00. The van der Waals surface area contributed by atoms with Crippen LogP contribution in [0.4, 0.5) is 0 Å². The van der Waals surface area contributed by atoms with E-state index in [0.29, 0.717) is 5.38 Å². The minimum atomic E-state index is 0.370. The van der Waals surface area contributed by atoms with Crippen molar-refractivity contribution in [3.05, 3.63) is 0 Å². The molecular formula is C8H17ClS. The van der Waals surface area contributed by atoms with Gasteiger partial charge in [-0.15, -0.1) is 11.6 Å². The third kappa shape index (κ3) is 8.64. The predicted octanol–water partition coefficient (Wildman–Crippen LogP) is 3.54. The zero-order chi connectivity index (χ0) is 7.82. The van der Waals surface area contributed by atoms with Gasteiger partial charge in [-0.3, -0.25) is 0 Å². The molecule has 0 aliphatic heterocycles. The molecule has 0 saturated carbocycles. The Balaban J connectivity index is 2.77. The molecule has 0 rings (SSSR count). The molecule has 0 fully saturated rings. The van der Waals surface area contributed by atoms with E-state index >= 15 is 0 Å². The van der Waals surface area contributed by atoms with Crippen molar-refractivity contribution in [2.45, 2.75) is 38.0 Å². The summed E-state index contributed by atoms with van der Waals surface area (Å²) in [6.07, 6.45) is 7.33. The van der Waals surface area contributed by atoms with Crippen LogP contribution in [0, 0.1) is 0 Å². The SMILES string of the molecule is CSCCCCCC(C)Cl. The van der Waals surface area contributed by atoms with Crippen molar-refractivity contribution in [1.29, 1.82) is 0 Å². The fourth-order valence-corrected chi connectivity index (χ4v) is 1.50. The van der Waals surface area contributed by atoms with Gasteiger partial charge < -0.3 is 0 Å². The van der Waals surface area contributed by atoms with Crippen LogP contribution in [0.1, 0.15) is 32.6 Å². The van der Waals surface area contributed by atoms with E-state index in [1.165, 1.54) is 31.4 Å². The van der Waals surface area contributed by atoms with Gasteiger partial charge in [0, 0.05) is 5.38 Å². The number of alkyl halides is 1. The maximum atomic E-state index is 5.79. The molecule has 0 aromatic heterocycles. The number of hydrogen-bond acceptors (Lipinski definition) is 1. The first-order valence-electron chi connectivity index (χ1n) is 3.90. The Morgan fingerprint density at radius 3 is 2.50 bits per heavy atom. The van der Waals surface area contributed by atoms with E-state index in [9.17, 15) is 0 Å². The standard InChI is InChI=1S/C8H17ClS/c1-8(9)6-4-3-5-7-10-2/h8H,3-7H2,1-2H3. The predicted molar refractivity (Wildman–Crippen MR) is 52.2 cm³/mol. The summed E-state index contributed by atoms with van der Waals surface area (Å²) in [5, 5.41) is 0.370. The molecule has 10 heavy (non-hydrogen) atoms. The second-order valence-corrected chi connectivity index (χ2v) is 4.35. The molecule has 0 heterocycles. The molecule has 1 atom stereocenters. The van der Waals surface area contributed by atoms with Crippen LogP contribution < -0.4 is 0 Å². The highest BCUT2D eigenvalue weighted by molar-refractivity contribution is 7.98. The van der Waals surface area contributed by atoms with E-state index in [2.05, 4.69) is 13.2 Å². The van der Waals surface area contributed by atoms with Gasteiger partial charge in [-0.2, -0.15) is 11.8 Å². The van der Waals surface area contributed by atoms with Crippen molar-refractivity contribution < 1.29 is 0 Å². The second kappa shape index (κ2) is 7.74. The highest BCUT2D eigenvalue weighted by Crippen LogP contribution is 2.09. The summed E-state index contributed by atoms with van der Waals surface area (Å²) in [5.74, 6) is 1.30. The van der Waals surface area contributed by atoms with Crippen molar-refractivity contribution in [2.24, 2.45) is 0 Å². The number of halogens is 1. The van der Waals surface area contributed by atoms with Gasteiger partial charge in [-0.25, -0.2) is 0 Å². The van der Waals surface area contributed by atoms with Gasteiger partial charge in [0.05, 0.1) is 0 Å². The van der Waals surface area contributed by atoms with Gasteiger partial charge in [0.2, 0.25) is 0 Å². The van der Waals surface area contributed by atoms with Gasteiger partial charge in [0.25, 0.3) is 0 Å². The molecule has 0 spiro atoms. The maximum absolute atomic E-state index is 5.79. The summed E-state index contributed by atoms with van der Waals surface area (Å²) in [4.78, 5) is 0. The minimum Gasteiger partial charge on any atom is -0.165 e. The smallest absolute Gasteiger partial charge is 0.0307 e. The molecule has 0 aliphatic carbocycles. The zero-order valence-corrected chi connectivity index (χ0v) is 8.47. The third-order valence-electron chi connectivity index (χ3n) is 1.45. The molecule has 0 radical (unpaired) electrons. The molecule has 0 aliphatic rings. The first-order chi connectivity index (χ1) is 4.77. The average Bonchev–Trinajstić information content (AvgIpc) is 1.87. The fourth-order valence-electron chi connectivity index (χ4n) is 0.849. The van der Waals surface area contributed by atoms with Gasteiger partial charge in [-0.05, 0) is 31.8 Å². The first kappa shape index (κ1) is 10.6. The van der Waals surface area contributed by atoms with E-state index in [-0.39, 0.29) is 0 Å². The van der Waals surface area contributed by atoms with Crippen LogP contribution >= 0.6 is 23.4 Å². The lowest BCUT2D eigenvalue weighted by Gasteiger charge is -2.00. The van der Waals surface area contributed by atoms with Gasteiger partial charge in [-0.1, -0.05) is 12.8 Å². The maximum Gasteiger partial charge on any atom is 0.0307 e. The van der Waals surface area contributed by atoms with E-state index in [0.717, 1.165) is 0 Å². The molecule has 0 aromatic carbocycles. The van der Waals surface area contributed by atoms with Crippen molar-refractivity contribution in [2.75, 3.05) is 12.0 Å². The lowest BCUT2D eigenvalue weighted by atomic mass is 10.2. The van der Waals surface area contributed by atoms with Crippen LogP contribution in [0.5, 0.6) is 0 Å². The van der Waals surface area contributed by atoms with Crippen molar-refractivity contribution in [3.8, 4) is 0 Å². The number of rotatable bonds is 6. The lowest BCUT2D eigenvalue weighted by molar-refractivity contribution is 0.664. The summed E-state index contributed by atoms with van der Waals surface area (Å²) in [6, 6.07) is 0. The normalized spacial score (nSPS) is 13.5. The van der Waals surface area contributed by atoms with Gasteiger partial charge in [0.1, 0.15) is 0 Å². The monoisotopic (exact) mass is 180 g/mol. The highest BCUT2D eigenvalue weighted by atomic mass is 35.5. The number of unbranched alkanes of at least 4 members (excludes halogenated alkanes) is 2. The van der Waals surface area contributed by atoms with Crippen LogP contribution in [0.15, 0.2) is 0 Å². The van der Waals surface area contributed by atoms with Crippen LogP contribution in [-0.4, -0.2) is 17.4 Å². The van der Waals surface area contributed by atoms with E-state index < -0.39 is 0 Å². The zero-order valence-electron chi connectivity index (χ0n) is 6.90. The Labute approximate surface area is 73.7 Å². The Morgan fingerprint density at radius 2 is 2.00 bits per heavy atom. The van der Waals surface area contributed by atoms with Crippen LogP contribution in [-0.2, 0) is 0 Å². The molecule has 0 aromatic rings. The Hall–Kier alpha value is 0.640. The molecule has 1 unspecified atom stereocenters. The molecule has 2 heteroatoms. The molecule has 0 nitrogen and oxygen atoms in total. The van der Waals surface area contributed by atoms with E-state index in [1.807, 2.05) is 11.8 Å². The molecule has 62 valence electrons. The molecule has 0 N–H and O–H groups in total. The van der Waals surface area contributed by atoms with E-state index in [1.54, 1.807) is 0 Å². The third-order valence-corrected chi connectivity index (χ3v) is 2.37. The quantitative estimate of drug-likeness (QED) is 0.445. The minimum absolute atomic E-state index is 0.370. The first-order valence-corrected chi connectivity index (χ1v) is 5.73. The van der Waals surface area contributed by atoms with Crippen molar-refractivity contribution in [1.82, 2.24) is 0 Å². The summed E-state index contributed by atoms with van der Waals surface area (Å²) in [6.45, 7) is 2.07. The average molecular weight is 181 g/mol. The lowest BCUT2D eigenvalue weighted by Crippen LogP contribution is -1.90. The molecular weight excluding hydrogens is 164 g/mol. The Bertz CT molecular complexity index is 64.3. The summed E-state index contributed by atoms with van der Waals surface area (Å²) >= 11 is 7.71. The molecule has 0 saturated heterocycles. The van der Waals surface area contributed by atoms with Gasteiger partial charge in [0.15, 0.2) is 0 Å². The van der Waals surface area contributed by atoms with Crippen LogP contribution in [0.3, 0.4) is 0 Å². The molecule has 0 amide bonds. The number of hydrogen-bond donors (Lipinski definition) is 0. The summed E-state index contributed by atoms with van der Waals surface area (Å²) < 4.78 is 0. The topological polar surface area (TPSA) is 0 Å². The van der Waals surface area contributed by atoms with Crippen LogP contribution in [0.2, 0.25) is 0 Å². The van der Waals surface area contributed by atoms with E-state index in [4.69, 9.17) is 11.6 Å².